The number of H-pyrrole nitrogens is 2. The maximum Gasteiger partial charge on any atom is 0.341 e. The van der Waals surface area contributed by atoms with Gasteiger partial charge in [-0.2, -0.15) is 5.10 Å². The Labute approximate surface area is 139 Å². The molecule has 0 amide bonds. The normalized spacial score (nSPS) is 11.3. The molecular formula is C16H12FN5O3. The van der Waals surface area contributed by atoms with E-state index in [4.69, 9.17) is 4.74 Å². The second kappa shape index (κ2) is 5.55. The lowest BCUT2D eigenvalue weighted by Crippen LogP contribution is -2.13. The molecule has 0 unspecified atom stereocenters. The molecule has 2 N–H and O–H groups in total. The Hall–Kier alpha value is -3.49. The molecule has 0 bridgehead atoms. The third kappa shape index (κ3) is 2.55. The van der Waals surface area contributed by atoms with E-state index in [1.807, 2.05) is 0 Å². The van der Waals surface area contributed by atoms with E-state index < -0.39 is 11.5 Å². The minimum absolute atomic E-state index is 0.167. The zero-order valence-electron chi connectivity index (χ0n) is 13.0. The Bertz CT molecular complexity index is 1130. The average molecular weight is 341 g/mol. The molecule has 0 atom stereocenters. The summed E-state index contributed by atoms with van der Waals surface area (Å²) in [5, 5.41) is 6.19. The van der Waals surface area contributed by atoms with Crippen LogP contribution in [0, 0.1) is 5.82 Å². The van der Waals surface area contributed by atoms with Crippen molar-refractivity contribution < 1.29 is 13.9 Å². The molecule has 9 heteroatoms. The highest BCUT2D eigenvalue weighted by molar-refractivity contribution is 5.95. The summed E-state index contributed by atoms with van der Waals surface area (Å²) in [6.07, 6.45) is 3.10. The van der Waals surface area contributed by atoms with Crippen molar-refractivity contribution in [3.63, 3.8) is 0 Å². The van der Waals surface area contributed by atoms with Gasteiger partial charge in [0.2, 0.25) is 0 Å². The SMILES string of the molecule is COC(=O)c1cn(Cc2nc3ccc(F)cc3[nH]2)cc2c(=O)[nH]nc1-2. The molecule has 0 fully saturated rings. The molecule has 0 radical (unpaired) electrons. The maximum atomic E-state index is 13.3. The van der Waals surface area contributed by atoms with Crippen LogP contribution in [0.2, 0.25) is 0 Å². The van der Waals surface area contributed by atoms with Crippen molar-refractivity contribution in [2.75, 3.05) is 7.11 Å². The minimum Gasteiger partial charge on any atom is -0.465 e. The van der Waals surface area contributed by atoms with Crippen molar-refractivity contribution >= 4 is 17.0 Å². The summed E-state index contributed by atoms with van der Waals surface area (Å²) < 4.78 is 19.7. The highest BCUT2D eigenvalue weighted by atomic mass is 19.1. The Balaban J connectivity index is 1.79. The Morgan fingerprint density at radius 2 is 2.20 bits per heavy atom. The number of benzene rings is 1. The lowest BCUT2D eigenvalue weighted by Gasteiger charge is -2.10. The number of ether oxygens (including phenoxy) is 1. The van der Waals surface area contributed by atoms with Gasteiger partial charge in [-0.1, -0.05) is 0 Å². The molecule has 2 aliphatic rings. The number of halogens is 1. The van der Waals surface area contributed by atoms with E-state index in [1.165, 1.54) is 25.4 Å². The van der Waals surface area contributed by atoms with Crippen LogP contribution in [0.1, 0.15) is 16.2 Å². The van der Waals surface area contributed by atoms with Gasteiger partial charge in [0.25, 0.3) is 5.56 Å². The topological polar surface area (TPSA) is 106 Å². The quantitative estimate of drug-likeness (QED) is 0.550. The number of rotatable bonds is 3. The summed E-state index contributed by atoms with van der Waals surface area (Å²) in [6.45, 7) is 0.251. The number of imidazole rings is 1. The van der Waals surface area contributed by atoms with Crippen LogP contribution >= 0.6 is 0 Å². The van der Waals surface area contributed by atoms with E-state index in [2.05, 4.69) is 20.2 Å². The highest BCUT2D eigenvalue weighted by Gasteiger charge is 2.22. The van der Waals surface area contributed by atoms with Crippen LogP contribution in [0.25, 0.3) is 22.3 Å². The largest absolute Gasteiger partial charge is 0.465 e. The van der Waals surface area contributed by atoms with Gasteiger partial charge in [-0.25, -0.2) is 19.3 Å². The van der Waals surface area contributed by atoms with Crippen LogP contribution < -0.4 is 5.56 Å². The number of fused-ring (bicyclic) bond motifs is 2. The molecule has 0 aliphatic carbocycles. The van der Waals surface area contributed by atoms with E-state index in [1.54, 1.807) is 16.8 Å². The van der Waals surface area contributed by atoms with Crippen LogP contribution in [-0.4, -0.2) is 37.8 Å². The molecule has 0 saturated carbocycles. The predicted octanol–water partition coefficient (Wildman–Crippen LogP) is 1.53. The Morgan fingerprint density at radius 3 is 3.00 bits per heavy atom. The number of methoxy groups -OCH3 is 1. The predicted molar refractivity (Wildman–Crippen MR) is 86.0 cm³/mol. The van der Waals surface area contributed by atoms with Gasteiger partial charge in [-0.3, -0.25) is 4.79 Å². The molecule has 8 nitrogen and oxygen atoms in total. The molecule has 4 rings (SSSR count). The summed E-state index contributed by atoms with van der Waals surface area (Å²) in [5.74, 6) is -0.409. The molecule has 0 spiro atoms. The fourth-order valence-electron chi connectivity index (χ4n) is 2.72. The van der Waals surface area contributed by atoms with Gasteiger partial charge in [-0.05, 0) is 18.2 Å². The molecular weight excluding hydrogens is 329 g/mol. The van der Waals surface area contributed by atoms with Gasteiger partial charge >= 0.3 is 5.97 Å². The Kier molecular flexibility index (Phi) is 3.34. The molecule has 1 aromatic heterocycles. The molecule has 126 valence electrons. The summed E-state index contributed by atoms with van der Waals surface area (Å²) in [4.78, 5) is 31.2. The smallest absolute Gasteiger partial charge is 0.341 e. The maximum absolute atomic E-state index is 13.3. The van der Waals surface area contributed by atoms with E-state index >= 15 is 0 Å². The highest BCUT2D eigenvalue weighted by Crippen LogP contribution is 2.21. The van der Waals surface area contributed by atoms with Gasteiger partial charge in [0.15, 0.2) is 0 Å². The van der Waals surface area contributed by atoms with Crippen molar-refractivity contribution in [1.29, 1.82) is 0 Å². The fraction of sp³-hybridized carbons (Fsp3) is 0.125. The molecule has 25 heavy (non-hydrogen) atoms. The second-order valence-electron chi connectivity index (χ2n) is 5.50. The van der Waals surface area contributed by atoms with E-state index in [-0.39, 0.29) is 29.2 Å². The average Bonchev–Trinajstić information content (AvgIpc) is 3.16. The Morgan fingerprint density at radius 1 is 1.36 bits per heavy atom. The van der Waals surface area contributed by atoms with Gasteiger partial charge in [-0.15, -0.1) is 0 Å². The standard InChI is InChI=1S/C16H12FN5O3/c1-25-16(24)10-6-22(5-9-14(10)20-21-15(9)23)7-13-18-11-3-2-8(17)4-12(11)19-13/h2-6H,7H2,1H3,(H,18,19)(H,21,23). The zero-order chi connectivity index (χ0) is 17.6. The summed E-state index contributed by atoms with van der Waals surface area (Å²) in [7, 11) is 1.25. The number of carbonyl (C=O) groups excluding carboxylic acids is 1. The van der Waals surface area contributed by atoms with Crippen LogP contribution in [0.15, 0.2) is 35.4 Å². The number of esters is 1. The van der Waals surface area contributed by atoms with Crippen LogP contribution in [0.5, 0.6) is 0 Å². The van der Waals surface area contributed by atoms with Gasteiger partial charge in [0.05, 0.1) is 30.3 Å². The first-order valence-electron chi connectivity index (χ1n) is 7.36. The molecule has 0 saturated heterocycles. The van der Waals surface area contributed by atoms with Crippen molar-refractivity contribution in [1.82, 2.24) is 24.7 Å². The molecule has 2 aromatic rings. The number of nitrogens with one attached hydrogen (secondary N) is 2. The number of carbonyl (C=O) groups is 1. The van der Waals surface area contributed by atoms with Crippen molar-refractivity contribution in [2.45, 2.75) is 6.54 Å². The molecule has 1 aromatic carbocycles. The zero-order valence-corrected chi connectivity index (χ0v) is 13.0. The van der Waals surface area contributed by atoms with Crippen LogP contribution in [-0.2, 0) is 11.3 Å². The first-order valence-corrected chi connectivity index (χ1v) is 7.36. The van der Waals surface area contributed by atoms with Gasteiger partial charge in [0.1, 0.15) is 22.9 Å². The third-order valence-electron chi connectivity index (χ3n) is 3.84. The number of nitrogens with zero attached hydrogens (tertiary/aromatic N) is 3. The summed E-state index contributed by atoms with van der Waals surface area (Å²) >= 11 is 0. The molecule has 3 heterocycles. The number of hydrogen-bond donors (Lipinski definition) is 2. The lowest BCUT2D eigenvalue weighted by atomic mass is 10.1. The van der Waals surface area contributed by atoms with Crippen LogP contribution in [0.4, 0.5) is 4.39 Å². The van der Waals surface area contributed by atoms with Gasteiger partial charge in [0, 0.05) is 12.4 Å². The third-order valence-corrected chi connectivity index (χ3v) is 3.84. The van der Waals surface area contributed by atoms with E-state index in [0.29, 0.717) is 16.9 Å². The number of pyridine rings is 1. The summed E-state index contributed by atoms with van der Waals surface area (Å²) in [5.41, 5.74) is 1.48. The number of aromatic nitrogens is 5. The second-order valence-corrected chi connectivity index (χ2v) is 5.50. The van der Waals surface area contributed by atoms with Crippen molar-refractivity contribution in [3.8, 4) is 11.3 Å². The molecule has 2 aliphatic heterocycles. The minimum atomic E-state index is -0.600. The van der Waals surface area contributed by atoms with Crippen LogP contribution in [0.3, 0.4) is 0 Å². The first-order chi connectivity index (χ1) is 12.0. The number of aromatic amines is 2. The number of hydrogen-bond acceptors (Lipinski definition) is 5. The van der Waals surface area contributed by atoms with E-state index in [0.717, 1.165) is 0 Å². The van der Waals surface area contributed by atoms with E-state index in [9.17, 15) is 14.0 Å². The monoisotopic (exact) mass is 341 g/mol. The van der Waals surface area contributed by atoms with Gasteiger partial charge < -0.3 is 14.3 Å². The first kappa shape index (κ1) is 15.1. The summed E-state index contributed by atoms with van der Waals surface area (Å²) in [6, 6.07) is 4.26. The lowest BCUT2D eigenvalue weighted by molar-refractivity contribution is 0.0600. The fourth-order valence-corrected chi connectivity index (χ4v) is 2.72. The van der Waals surface area contributed by atoms with Crippen molar-refractivity contribution in [2.24, 2.45) is 0 Å². The van der Waals surface area contributed by atoms with Crippen molar-refractivity contribution in [3.05, 3.63) is 58.2 Å².